The Bertz CT molecular complexity index is 703. The van der Waals surface area contributed by atoms with E-state index in [4.69, 9.17) is 11.6 Å². The molecule has 1 aromatic carbocycles. The van der Waals surface area contributed by atoms with Crippen molar-refractivity contribution in [3.63, 3.8) is 0 Å². The molecule has 3 rings (SSSR count). The highest BCUT2D eigenvalue weighted by atomic mass is 35.5. The standard InChI is InChI=1S/C17H21ClN4O/c1-10-3-6-14(13(18)7-10)20-16-8-15(12-4-5-12)21-17(22-16)19-11(2)9-23/h3,6-8,11-12,23H,4-5,9H2,1-2H3,(H2,19,20,21,22)/t11-/m0/s1. The van der Waals surface area contributed by atoms with Crippen LogP contribution in [0.25, 0.3) is 0 Å². The first kappa shape index (κ1) is 16.0. The number of nitrogens with zero attached hydrogens (tertiary/aromatic N) is 2. The fourth-order valence-corrected chi connectivity index (χ4v) is 2.59. The molecule has 1 fully saturated rings. The average molecular weight is 333 g/mol. The Morgan fingerprint density at radius 1 is 1.30 bits per heavy atom. The molecule has 1 atom stereocenters. The minimum absolute atomic E-state index is 0.0313. The third kappa shape index (κ3) is 4.12. The number of rotatable bonds is 6. The number of aromatic nitrogens is 2. The van der Waals surface area contributed by atoms with Crippen LogP contribution in [0.4, 0.5) is 17.5 Å². The van der Waals surface area contributed by atoms with Crippen LogP contribution in [0.2, 0.25) is 5.02 Å². The Morgan fingerprint density at radius 3 is 2.74 bits per heavy atom. The fourth-order valence-electron chi connectivity index (χ4n) is 2.31. The van der Waals surface area contributed by atoms with Crippen molar-refractivity contribution in [3.05, 3.63) is 40.5 Å². The molecule has 23 heavy (non-hydrogen) atoms. The van der Waals surface area contributed by atoms with Crippen molar-refractivity contribution in [2.24, 2.45) is 0 Å². The van der Waals surface area contributed by atoms with Crippen LogP contribution in [0.1, 0.15) is 36.9 Å². The zero-order chi connectivity index (χ0) is 16.4. The van der Waals surface area contributed by atoms with Crippen LogP contribution in [-0.4, -0.2) is 27.7 Å². The lowest BCUT2D eigenvalue weighted by atomic mass is 10.2. The number of hydrogen-bond donors (Lipinski definition) is 3. The summed E-state index contributed by atoms with van der Waals surface area (Å²) in [6, 6.07) is 7.74. The largest absolute Gasteiger partial charge is 0.394 e. The second kappa shape index (κ2) is 6.72. The maximum atomic E-state index is 9.20. The zero-order valence-electron chi connectivity index (χ0n) is 13.3. The van der Waals surface area contributed by atoms with Gasteiger partial charge in [0.25, 0.3) is 0 Å². The molecule has 6 heteroatoms. The van der Waals surface area contributed by atoms with E-state index < -0.39 is 0 Å². The van der Waals surface area contributed by atoms with Crippen LogP contribution in [0.3, 0.4) is 0 Å². The zero-order valence-corrected chi connectivity index (χ0v) is 14.1. The van der Waals surface area contributed by atoms with Gasteiger partial charge < -0.3 is 15.7 Å². The molecule has 2 aromatic rings. The molecule has 1 aliphatic rings. The van der Waals surface area contributed by atoms with Gasteiger partial charge in [0.1, 0.15) is 5.82 Å². The van der Waals surface area contributed by atoms with Gasteiger partial charge in [-0.05, 0) is 44.4 Å². The van der Waals surface area contributed by atoms with E-state index in [-0.39, 0.29) is 12.6 Å². The van der Waals surface area contributed by atoms with E-state index in [0.29, 0.717) is 22.7 Å². The normalized spacial score (nSPS) is 15.3. The van der Waals surface area contributed by atoms with Gasteiger partial charge >= 0.3 is 0 Å². The van der Waals surface area contributed by atoms with Crippen LogP contribution < -0.4 is 10.6 Å². The maximum Gasteiger partial charge on any atom is 0.225 e. The van der Waals surface area contributed by atoms with Gasteiger partial charge in [-0.1, -0.05) is 17.7 Å². The summed E-state index contributed by atoms with van der Waals surface area (Å²) >= 11 is 6.29. The third-order valence-corrected chi connectivity index (χ3v) is 4.09. The second-order valence-corrected chi connectivity index (χ2v) is 6.52. The van der Waals surface area contributed by atoms with Gasteiger partial charge in [-0.3, -0.25) is 0 Å². The molecule has 0 saturated heterocycles. The Kier molecular flexibility index (Phi) is 4.68. The summed E-state index contributed by atoms with van der Waals surface area (Å²) in [4.78, 5) is 9.04. The molecule has 0 spiro atoms. The summed E-state index contributed by atoms with van der Waals surface area (Å²) in [5.41, 5.74) is 2.96. The first-order valence-electron chi connectivity index (χ1n) is 7.84. The van der Waals surface area contributed by atoms with E-state index in [0.717, 1.165) is 29.8 Å². The Balaban J connectivity index is 1.87. The van der Waals surface area contributed by atoms with Crippen molar-refractivity contribution < 1.29 is 5.11 Å². The number of hydrogen-bond acceptors (Lipinski definition) is 5. The predicted molar refractivity (Wildman–Crippen MR) is 93.6 cm³/mol. The summed E-state index contributed by atoms with van der Waals surface area (Å²) in [7, 11) is 0. The van der Waals surface area contributed by atoms with Crippen molar-refractivity contribution in [1.82, 2.24) is 9.97 Å². The molecule has 5 nitrogen and oxygen atoms in total. The van der Waals surface area contributed by atoms with Gasteiger partial charge in [0, 0.05) is 18.0 Å². The van der Waals surface area contributed by atoms with Gasteiger partial charge in [0.15, 0.2) is 0 Å². The lowest BCUT2D eigenvalue weighted by Crippen LogP contribution is -2.21. The summed E-state index contributed by atoms with van der Waals surface area (Å²) in [5.74, 6) is 1.75. The first-order chi connectivity index (χ1) is 11.0. The van der Waals surface area contributed by atoms with Crippen molar-refractivity contribution in [2.75, 3.05) is 17.2 Å². The van der Waals surface area contributed by atoms with Crippen LogP contribution in [-0.2, 0) is 0 Å². The van der Waals surface area contributed by atoms with Gasteiger partial charge in [0.05, 0.1) is 23.0 Å². The highest BCUT2D eigenvalue weighted by molar-refractivity contribution is 6.33. The molecule has 0 unspecified atom stereocenters. The highest BCUT2D eigenvalue weighted by Gasteiger charge is 2.26. The van der Waals surface area contributed by atoms with Crippen molar-refractivity contribution in [3.8, 4) is 0 Å². The lowest BCUT2D eigenvalue weighted by Gasteiger charge is -2.14. The van der Waals surface area contributed by atoms with E-state index in [9.17, 15) is 5.11 Å². The van der Waals surface area contributed by atoms with Crippen molar-refractivity contribution in [2.45, 2.75) is 38.6 Å². The van der Waals surface area contributed by atoms with Crippen molar-refractivity contribution >= 4 is 29.1 Å². The molecule has 0 radical (unpaired) electrons. The number of aliphatic hydroxyl groups is 1. The molecule has 1 heterocycles. The van der Waals surface area contributed by atoms with Gasteiger partial charge in [0.2, 0.25) is 5.95 Å². The quantitative estimate of drug-likeness (QED) is 0.749. The molecular weight excluding hydrogens is 312 g/mol. The molecule has 0 amide bonds. The van der Waals surface area contributed by atoms with Gasteiger partial charge in [-0.15, -0.1) is 0 Å². The number of benzene rings is 1. The number of anilines is 3. The SMILES string of the molecule is Cc1ccc(Nc2cc(C3CC3)nc(N[C@@H](C)CO)n2)c(Cl)c1. The van der Waals surface area contributed by atoms with E-state index >= 15 is 0 Å². The first-order valence-corrected chi connectivity index (χ1v) is 8.22. The van der Waals surface area contributed by atoms with Crippen LogP contribution >= 0.6 is 11.6 Å². The Labute approximate surface area is 141 Å². The van der Waals surface area contributed by atoms with E-state index in [2.05, 4.69) is 20.6 Å². The molecule has 0 aliphatic heterocycles. The Hall–Kier alpha value is -1.85. The minimum atomic E-state index is -0.0970. The topological polar surface area (TPSA) is 70.1 Å². The highest BCUT2D eigenvalue weighted by Crippen LogP contribution is 2.40. The lowest BCUT2D eigenvalue weighted by molar-refractivity contribution is 0.281. The fraction of sp³-hybridized carbons (Fsp3) is 0.412. The average Bonchev–Trinajstić information content (AvgIpc) is 3.34. The van der Waals surface area contributed by atoms with Gasteiger partial charge in [-0.25, -0.2) is 4.98 Å². The third-order valence-electron chi connectivity index (χ3n) is 3.78. The van der Waals surface area contributed by atoms with Crippen LogP contribution in [0.15, 0.2) is 24.3 Å². The number of nitrogens with one attached hydrogen (secondary N) is 2. The van der Waals surface area contributed by atoms with E-state index in [1.165, 1.54) is 0 Å². The summed E-state index contributed by atoms with van der Waals surface area (Å²) in [5, 5.41) is 16.3. The van der Waals surface area contributed by atoms with Crippen LogP contribution in [0.5, 0.6) is 0 Å². The number of halogens is 1. The minimum Gasteiger partial charge on any atom is -0.394 e. The van der Waals surface area contributed by atoms with Gasteiger partial charge in [-0.2, -0.15) is 4.98 Å². The maximum absolute atomic E-state index is 9.20. The van der Waals surface area contributed by atoms with E-state index in [1.807, 2.05) is 38.1 Å². The summed E-state index contributed by atoms with van der Waals surface area (Å²) in [6.45, 7) is 3.92. The molecule has 1 aliphatic carbocycles. The molecule has 1 aromatic heterocycles. The molecule has 3 N–H and O–H groups in total. The number of aryl methyl sites for hydroxylation is 1. The Morgan fingerprint density at radius 2 is 2.09 bits per heavy atom. The predicted octanol–water partition coefficient (Wildman–Crippen LogP) is 3.85. The number of aliphatic hydroxyl groups excluding tert-OH is 1. The van der Waals surface area contributed by atoms with Crippen molar-refractivity contribution in [1.29, 1.82) is 0 Å². The smallest absolute Gasteiger partial charge is 0.225 e. The molecule has 1 saturated carbocycles. The summed E-state index contributed by atoms with van der Waals surface area (Å²) < 4.78 is 0. The second-order valence-electron chi connectivity index (χ2n) is 6.11. The molecule has 122 valence electrons. The molecule has 0 bridgehead atoms. The summed E-state index contributed by atoms with van der Waals surface area (Å²) in [6.07, 6.45) is 2.33. The monoisotopic (exact) mass is 332 g/mol. The molecular formula is C17H21ClN4O. The van der Waals surface area contributed by atoms with Crippen LogP contribution in [0, 0.1) is 6.92 Å². The van der Waals surface area contributed by atoms with E-state index in [1.54, 1.807) is 0 Å².